The highest BCUT2D eigenvalue weighted by Crippen LogP contribution is 2.44. The zero-order valence-corrected chi connectivity index (χ0v) is 19.3. The number of carboxylic acid groups (broad SMARTS) is 1. The fourth-order valence-corrected chi connectivity index (χ4v) is 4.31. The average molecular weight is 475 g/mol. The summed E-state index contributed by atoms with van der Waals surface area (Å²) in [5, 5.41) is 11.7. The molecule has 9 heteroatoms. The summed E-state index contributed by atoms with van der Waals surface area (Å²) in [5.41, 5.74) is 4.99. The maximum absolute atomic E-state index is 13.0. The lowest BCUT2D eigenvalue weighted by Crippen LogP contribution is -2.47. The third-order valence-corrected chi connectivity index (χ3v) is 6.00. The number of nitrogens with zero attached hydrogens (tertiary/aromatic N) is 3. The van der Waals surface area contributed by atoms with Gasteiger partial charge in [0.15, 0.2) is 0 Å². The Kier molecular flexibility index (Phi) is 7.35. The Bertz CT molecular complexity index is 1170. The largest absolute Gasteiger partial charge is 0.481 e. The molecule has 0 aliphatic heterocycles. The third-order valence-electron chi connectivity index (χ3n) is 6.00. The molecular formula is C26H26N4O5. The summed E-state index contributed by atoms with van der Waals surface area (Å²) in [6.45, 7) is 0.285. The molecule has 180 valence electrons. The van der Waals surface area contributed by atoms with Crippen molar-refractivity contribution in [3.05, 3.63) is 83.9 Å². The molecule has 2 amide bonds. The highest BCUT2D eigenvalue weighted by Gasteiger charge is 2.30. The van der Waals surface area contributed by atoms with Crippen LogP contribution in [0.3, 0.4) is 0 Å². The Balaban J connectivity index is 1.42. The summed E-state index contributed by atoms with van der Waals surface area (Å²) < 4.78 is 5.54. The minimum atomic E-state index is -1.06. The fraction of sp³-hybridized carbons (Fsp3) is 0.269. The third kappa shape index (κ3) is 5.63. The van der Waals surface area contributed by atoms with E-state index in [0.717, 1.165) is 22.3 Å². The number of amides is 2. The second kappa shape index (κ2) is 10.8. The summed E-state index contributed by atoms with van der Waals surface area (Å²) >= 11 is 0. The number of hydrogen-bond donors (Lipinski definition) is 2. The number of carbonyl (C=O) groups is 3. The Labute approximate surface area is 202 Å². The lowest BCUT2D eigenvalue weighted by molar-refractivity contribution is -0.138. The van der Waals surface area contributed by atoms with Crippen molar-refractivity contribution in [2.75, 3.05) is 13.7 Å². The molecule has 0 bridgehead atoms. The topological polar surface area (TPSA) is 122 Å². The van der Waals surface area contributed by atoms with E-state index >= 15 is 0 Å². The van der Waals surface area contributed by atoms with Crippen LogP contribution < -0.4 is 5.32 Å². The molecule has 1 aromatic heterocycles. The first-order valence-corrected chi connectivity index (χ1v) is 11.3. The first-order chi connectivity index (χ1) is 16.9. The van der Waals surface area contributed by atoms with Gasteiger partial charge >= 0.3 is 12.1 Å². The minimum Gasteiger partial charge on any atom is -0.481 e. The Morgan fingerprint density at radius 1 is 1.06 bits per heavy atom. The van der Waals surface area contributed by atoms with Crippen molar-refractivity contribution >= 4 is 18.0 Å². The molecule has 0 saturated carbocycles. The predicted molar refractivity (Wildman–Crippen MR) is 127 cm³/mol. The molecule has 0 fully saturated rings. The summed E-state index contributed by atoms with van der Waals surface area (Å²) in [4.78, 5) is 46.1. The van der Waals surface area contributed by atoms with E-state index in [2.05, 4.69) is 15.3 Å². The zero-order chi connectivity index (χ0) is 24.8. The molecule has 1 aliphatic rings. The van der Waals surface area contributed by atoms with Crippen LogP contribution in [0.4, 0.5) is 4.79 Å². The van der Waals surface area contributed by atoms with Gasteiger partial charge in [0, 0.05) is 25.6 Å². The molecule has 3 aromatic rings. The van der Waals surface area contributed by atoms with Crippen LogP contribution in [-0.2, 0) is 20.9 Å². The highest BCUT2D eigenvalue weighted by molar-refractivity contribution is 5.86. The van der Waals surface area contributed by atoms with E-state index in [-0.39, 0.29) is 31.9 Å². The molecule has 2 aromatic carbocycles. The molecule has 0 radical (unpaired) electrons. The van der Waals surface area contributed by atoms with E-state index in [4.69, 9.17) is 9.84 Å². The molecule has 0 spiro atoms. The molecule has 2 N–H and O–H groups in total. The van der Waals surface area contributed by atoms with E-state index in [1.165, 1.54) is 11.2 Å². The van der Waals surface area contributed by atoms with Gasteiger partial charge in [-0.25, -0.2) is 14.8 Å². The van der Waals surface area contributed by atoms with Crippen molar-refractivity contribution in [2.24, 2.45) is 0 Å². The van der Waals surface area contributed by atoms with E-state index < -0.39 is 24.0 Å². The molecular weight excluding hydrogens is 448 g/mol. The van der Waals surface area contributed by atoms with Crippen LogP contribution in [0.5, 0.6) is 0 Å². The lowest BCUT2D eigenvalue weighted by Gasteiger charge is -2.24. The number of benzene rings is 2. The second-order valence-electron chi connectivity index (χ2n) is 8.35. The van der Waals surface area contributed by atoms with E-state index in [0.29, 0.717) is 5.69 Å². The minimum absolute atomic E-state index is 0.0630. The Morgan fingerprint density at radius 2 is 1.71 bits per heavy atom. The van der Waals surface area contributed by atoms with Gasteiger partial charge in [0.1, 0.15) is 19.0 Å². The quantitative estimate of drug-likeness (QED) is 0.488. The fourth-order valence-electron chi connectivity index (χ4n) is 4.31. The van der Waals surface area contributed by atoms with Gasteiger partial charge in [-0.2, -0.15) is 0 Å². The summed E-state index contributed by atoms with van der Waals surface area (Å²) in [6, 6.07) is 16.6. The lowest BCUT2D eigenvalue weighted by atomic mass is 9.98. The number of carbonyl (C=O) groups excluding carboxylic acids is 2. The number of aliphatic carboxylic acids is 1. The number of aromatic nitrogens is 2. The molecule has 4 rings (SSSR count). The molecule has 0 saturated heterocycles. The number of hydrogen-bond acceptors (Lipinski definition) is 6. The van der Waals surface area contributed by atoms with Crippen LogP contribution in [0.25, 0.3) is 11.1 Å². The van der Waals surface area contributed by atoms with Crippen molar-refractivity contribution in [3.63, 3.8) is 0 Å². The second-order valence-corrected chi connectivity index (χ2v) is 8.35. The monoisotopic (exact) mass is 474 g/mol. The average Bonchev–Trinajstić information content (AvgIpc) is 3.19. The van der Waals surface area contributed by atoms with Gasteiger partial charge in [-0.3, -0.25) is 9.59 Å². The first kappa shape index (κ1) is 23.9. The molecule has 9 nitrogen and oxygen atoms in total. The van der Waals surface area contributed by atoms with Crippen LogP contribution >= 0.6 is 0 Å². The maximum atomic E-state index is 13.0. The van der Waals surface area contributed by atoms with Crippen molar-refractivity contribution < 1.29 is 24.2 Å². The van der Waals surface area contributed by atoms with Crippen molar-refractivity contribution in [3.8, 4) is 11.1 Å². The van der Waals surface area contributed by atoms with Gasteiger partial charge < -0.3 is 20.1 Å². The van der Waals surface area contributed by atoms with Gasteiger partial charge in [-0.1, -0.05) is 48.5 Å². The molecule has 1 atom stereocenters. The van der Waals surface area contributed by atoms with Gasteiger partial charge in [0.25, 0.3) is 0 Å². The number of carboxylic acids is 1. The molecule has 1 heterocycles. The van der Waals surface area contributed by atoms with Crippen LogP contribution in [0.2, 0.25) is 0 Å². The van der Waals surface area contributed by atoms with Gasteiger partial charge in [-0.05, 0) is 34.7 Å². The maximum Gasteiger partial charge on any atom is 0.407 e. The van der Waals surface area contributed by atoms with Crippen molar-refractivity contribution in [1.29, 1.82) is 0 Å². The van der Waals surface area contributed by atoms with Crippen LogP contribution in [0, 0.1) is 0 Å². The van der Waals surface area contributed by atoms with Crippen molar-refractivity contribution in [2.45, 2.75) is 31.3 Å². The summed E-state index contributed by atoms with van der Waals surface area (Å²) in [6.07, 6.45) is 1.83. The highest BCUT2D eigenvalue weighted by atomic mass is 16.5. The number of rotatable bonds is 9. The van der Waals surface area contributed by atoms with Gasteiger partial charge in [0.2, 0.25) is 5.91 Å². The molecule has 35 heavy (non-hydrogen) atoms. The van der Waals surface area contributed by atoms with E-state index in [1.807, 2.05) is 48.5 Å². The first-order valence-electron chi connectivity index (χ1n) is 11.3. The predicted octanol–water partition coefficient (Wildman–Crippen LogP) is 3.21. The number of alkyl carbamates (subject to hydrolysis) is 1. The SMILES string of the molecule is CN(Cc1ccncn1)C(=O)C(CCC(=O)O)NC(=O)OCC1c2ccccc2-c2ccccc21. The number of ether oxygens (including phenoxy) is 1. The van der Waals surface area contributed by atoms with Crippen molar-refractivity contribution in [1.82, 2.24) is 20.2 Å². The summed E-state index contributed by atoms with van der Waals surface area (Å²) in [5.74, 6) is -1.62. The van der Waals surface area contributed by atoms with Crippen LogP contribution in [0.1, 0.15) is 35.6 Å². The summed E-state index contributed by atoms with van der Waals surface area (Å²) in [7, 11) is 1.57. The smallest absolute Gasteiger partial charge is 0.407 e. The zero-order valence-electron chi connectivity index (χ0n) is 19.3. The Hall–Kier alpha value is -4.27. The number of nitrogens with one attached hydrogen (secondary N) is 1. The van der Waals surface area contributed by atoms with E-state index in [9.17, 15) is 14.4 Å². The van der Waals surface area contributed by atoms with Crippen LogP contribution in [0.15, 0.2) is 67.1 Å². The number of fused-ring (bicyclic) bond motifs is 3. The molecule has 1 unspecified atom stereocenters. The Morgan fingerprint density at radius 3 is 2.31 bits per heavy atom. The van der Waals surface area contributed by atoms with Gasteiger partial charge in [-0.15, -0.1) is 0 Å². The normalized spacial score (nSPS) is 12.8. The number of likely N-dealkylation sites (N-methyl/N-ethyl adjacent to an activating group) is 1. The molecule has 1 aliphatic carbocycles. The van der Waals surface area contributed by atoms with Crippen LogP contribution in [-0.4, -0.2) is 57.6 Å². The van der Waals surface area contributed by atoms with Gasteiger partial charge in [0.05, 0.1) is 12.2 Å². The van der Waals surface area contributed by atoms with E-state index in [1.54, 1.807) is 19.3 Å². The standard InChI is InChI=1S/C26H26N4O5/c1-30(14-17-12-13-27-16-28-17)25(33)23(10-11-24(31)32)29-26(34)35-15-22-20-8-4-2-6-18(20)19-7-3-5-9-21(19)22/h2-9,12-13,16,22-23H,10-11,14-15H2,1H3,(H,29,34)(H,31,32).